The molecule has 0 radical (unpaired) electrons. The van der Waals surface area contributed by atoms with E-state index in [9.17, 15) is 18.4 Å². The van der Waals surface area contributed by atoms with E-state index < -0.39 is 23.5 Å². The first-order valence-corrected chi connectivity index (χ1v) is 8.74. The molecule has 3 rings (SSSR count). The molecule has 2 unspecified atom stereocenters. The summed E-state index contributed by atoms with van der Waals surface area (Å²) < 4.78 is 37.3. The zero-order valence-corrected chi connectivity index (χ0v) is 14.9. The van der Waals surface area contributed by atoms with Gasteiger partial charge in [-0.3, -0.25) is 9.59 Å². The highest BCUT2D eigenvalue weighted by Crippen LogP contribution is 2.35. The smallest absolute Gasteiger partial charge is 0.316 e. The van der Waals surface area contributed by atoms with Gasteiger partial charge in [-0.2, -0.15) is 0 Å². The fourth-order valence-electron chi connectivity index (χ4n) is 3.34. The summed E-state index contributed by atoms with van der Waals surface area (Å²) in [5, 5.41) is 0. The number of Topliss-reactive ketones (excluding diaryl/α,β-unsaturated/α-hetero) is 1. The van der Waals surface area contributed by atoms with Crippen LogP contribution in [0.2, 0.25) is 0 Å². The molecule has 0 saturated heterocycles. The van der Waals surface area contributed by atoms with Crippen molar-refractivity contribution in [2.75, 3.05) is 7.11 Å². The van der Waals surface area contributed by atoms with Crippen LogP contribution in [-0.4, -0.2) is 18.9 Å². The van der Waals surface area contributed by atoms with Gasteiger partial charge in [-0.15, -0.1) is 0 Å². The van der Waals surface area contributed by atoms with E-state index in [-0.39, 0.29) is 31.1 Å². The summed E-state index contributed by atoms with van der Waals surface area (Å²) in [6.07, 6.45) is 0.845. The summed E-state index contributed by atoms with van der Waals surface area (Å²) >= 11 is 0. The summed E-state index contributed by atoms with van der Waals surface area (Å²) in [5.41, 5.74) is 1.24. The van der Waals surface area contributed by atoms with Crippen LogP contribution in [0.4, 0.5) is 8.78 Å². The maximum atomic E-state index is 13.5. The van der Waals surface area contributed by atoms with Crippen molar-refractivity contribution in [1.82, 2.24) is 0 Å². The molecular weight excluding hydrogens is 354 g/mol. The molecular formula is C21H20F2O4. The van der Waals surface area contributed by atoms with Gasteiger partial charge in [-0.1, -0.05) is 12.1 Å². The van der Waals surface area contributed by atoms with Gasteiger partial charge >= 0.3 is 5.97 Å². The Morgan fingerprint density at radius 3 is 2.41 bits per heavy atom. The van der Waals surface area contributed by atoms with Gasteiger partial charge in [-0.25, -0.2) is 8.78 Å². The molecule has 27 heavy (non-hydrogen) atoms. The third-order valence-corrected chi connectivity index (χ3v) is 4.83. The molecule has 0 aliphatic heterocycles. The van der Waals surface area contributed by atoms with Crippen LogP contribution < -0.4 is 4.74 Å². The average molecular weight is 374 g/mol. The van der Waals surface area contributed by atoms with Crippen molar-refractivity contribution in [2.45, 2.75) is 31.8 Å². The van der Waals surface area contributed by atoms with Gasteiger partial charge in [0.15, 0.2) is 0 Å². The number of carbonyl (C=O) groups excluding carboxylic acids is 2. The summed E-state index contributed by atoms with van der Waals surface area (Å²) in [6, 6.07) is 10.4. The van der Waals surface area contributed by atoms with E-state index in [2.05, 4.69) is 0 Å². The Kier molecular flexibility index (Phi) is 5.84. The maximum Gasteiger partial charge on any atom is 0.316 e. The third kappa shape index (κ3) is 4.70. The van der Waals surface area contributed by atoms with Crippen molar-refractivity contribution >= 4 is 11.8 Å². The van der Waals surface area contributed by atoms with Gasteiger partial charge in [0, 0.05) is 12.5 Å². The van der Waals surface area contributed by atoms with Crippen molar-refractivity contribution in [2.24, 2.45) is 5.92 Å². The van der Waals surface area contributed by atoms with E-state index in [1.165, 1.54) is 12.1 Å². The second-order valence-electron chi connectivity index (χ2n) is 6.65. The van der Waals surface area contributed by atoms with Gasteiger partial charge in [0.25, 0.3) is 0 Å². The number of halogens is 2. The second kappa shape index (κ2) is 8.29. The van der Waals surface area contributed by atoms with Crippen LogP contribution in [0.1, 0.15) is 36.3 Å². The number of rotatable bonds is 5. The summed E-state index contributed by atoms with van der Waals surface area (Å²) in [4.78, 5) is 24.6. The normalized spacial score (nSPS) is 19.6. The molecule has 1 saturated carbocycles. The Morgan fingerprint density at radius 1 is 1.11 bits per heavy atom. The van der Waals surface area contributed by atoms with Crippen LogP contribution >= 0.6 is 0 Å². The molecule has 2 atom stereocenters. The number of methoxy groups -OCH3 is 1. The highest BCUT2D eigenvalue weighted by molar-refractivity contribution is 5.99. The van der Waals surface area contributed by atoms with Crippen LogP contribution in [0.5, 0.6) is 5.75 Å². The first-order valence-electron chi connectivity index (χ1n) is 8.74. The van der Waals surface area contributed by atoms with Crippen LogP contribution in [0.15, 0.2) is 42.5 Å². The van der Waals surface area contributed by atoms with Crippen molar-refractivity contribution in [3.63, 3.8) is 0 Å². The molecule has 1 fully saturated rings. The second-order valence-corrected chi connectivity index (χ2v) is 6.65. The minimum absolute atomic E-state index is 0.0475. The molecule has 4 nitrogen and oxygen atoms in total. The molecule has 6 heteroatoms. The lowest BCUT2D eigenvalue weighted by Gasteiger charge is -2.27. The Morgan fingerprint density at radius 2 is 1.78 bits per heavy atom. The number of ketones is 1. The van der Waals surface area contributed by atoms with Crippen molar-refractivity contribution in [1.29, 1.82) is 0 Å². The largest absolute Gasteiger partial charge is 0.497 e. The standard InChI is InChI=1S/C21H20F2O4/c1-26-18-5-2-13(3-6-18)12-27-21(25)19-10-14(4-7-20(19)24)15-8-16(22)11-17(23)9-15/h2-3,5-6,8-9,11,14,19H,4,7,10,12H2,1H3. The van der Waals surface area contributed by atoms with Crippen molar-refractivity contribution in [3.8, 4) is 5.75 Å². The van der Waals surface area contributed by atoms with Crippen LogP contribution in [-0.2, 0) is 20.9 Å². The molecule has 0 bridgehead atoms. The van der Waals surface area contributed by atoms with Crippen LogP contribution in [0, 0.1) is 17.6 Å². The van der Waals surface area contributed by atoms with E-state index >= 15 is 0 Å². The summed E-state index contributed by atoms with van der Waals surface area (Å²) in [5.74, 6) is -2.60. The summed E-state index contributed by atoms with van der Waals surface area (Å²) in [6.45, 7) is 0.0475. The number of hydrogen-bond acceptors (Lipinski definition) is 4. The topological polar surface area (TPSA) is 52.6 Å². The van der Waals surface area contributed by atoms with Crippen LogP contribution in [0.3, 0.4) is 0 Å². The molecule has 142 valence electrons. The fraction of sp³-hybridized carbons (Fsp3) is 0.333. The number of esters is 1. The lowest BCUT2D eigenvalue weighted by molar-refractivity contribution is -0.154. The molecule has 0 heterocycles. The lowest BCUT2D eigenvalue weighted by atomic mass is 9.77. The molecule has 1 aliphatic rings. The SMILES string of the molecule is COc1ccc(COC(=O)C2CC(c3cc(F)cc(F)c3)CCC2=O)cc1. The predicted molar refractivity (Wildman–Crippen MR) is 94.2 cm³/mol. The van der Waals surface area contributed by atoms with Crippen molar-refractivity contribution < 1.29 is 27.8 Å². The van der Waals surface area contributed by atoms with E-state index in [4.69, 9.17) is 9.47 Å². The Balaban J connectivity index is 1.64. The summed E-state index contributed by atoms with van der Waals surface area (Å²) in [7, 11) is 1.56. The quantitative estimate of drug-likeness (QED) is 0.582. The van der Waals surface area contributed by atoms with Crippen molar-refractivity contribution in [3.05, 3.63) is 65.2 Å². The highest BCUT2D eigenvalue weighted by atomic mass is 19.1. The molecule has 1 aliphatic carbocycles. The minimum Gasteiger partial charge on any atom is -0.497 e. The first kappa shape index (κ1) is 19.0. The minimum atomic E-state index is -0.909. The average Bonchev–Trinajstić information content (AvgIpc) is 2.66. The Bertz CT molecular complexity index is 812. The molecule has 0 aromatic heterocycles. The monoisotopic (exact) mass is 374 g/mol. The lowest BCUT2D eigenvalue weighted by Crippen LogP contribution is -2.32. The third-order valence-electron chi connectivity index (χ3n) is 4.83. The zero-order chi connectivity index (χ0) is 19.4. The molecule has 0 N–H and O–H groups in total. The number of carbonyl (C=O) groups is 2. The molecule has 0 amide bonds. The van der Waals surface area contributed by atoms with Gasteiger partial charge in [-0.05, 0) is 54.2 Å². The first-order chi connectivity index (χ1) is 13.0. The predicted octanol–water partition coefficient (Wildman–Crippen LogP) is 4.17. The number of hydrogen-bond donors (Lipinski definition) is 0. The van der Waals surface area contributed by atoms with E-state index in [1.54, 1.807) is 31.4 Å². The molecule has 2 aromatic carbocycles. The highest BCUT2D eigenvalue weighted by Gasteiger charge is 2.35. The van der Waals surface area contributed by atoms with E-state index in [0.717, 1.165) is 11.6 Å². The zero-order valence-electron chi connectivity index (χ0n) is 14.9. The van der Waals surface area contributed by atoms with E-state index in [0.29, 0.717) is 17.7 Å². The number of benzene rings is 2. The number of ether oxygens (including phenoxy) is 2. The van der Waals surface area contributed by atoms with Gasteiger partial charge in [0.1, 0.15) is 35.7 Å². The van der Waals surface area contributed by atoms with E-state index in [1.807, 2.05) is 0 Å². The molecule has 0 spiro atoms. The fourth-order valence-corrected chi connectivity index (χ4v) is 3.34. The maximum absolute atomic E-state index is 13.5. The van der Waals surface area contributed by atoms with Gasteiger partial charge in [0.2, 0.25) is 0 Å². The molecule has 2 aromatic rings. The van der Waals surface area contributed by atoms with Gasteiger partial charge in [0.05, 0.1) is 7.11 Å². The van der Waals surface area contributed by atoms with Gasteiger partial charge < -0.3 is 9.47 Å². The Labute approximate surface area is 156 Å². The van der Waals surface area contributed by atoms with Crippen LogP contribution in [0.25, 0.3) is 0 Å². The Hall–Kier alpha value is -2.76.